The number of nitrogens with one attached hydrogen (secondary N) is 1. The molecule has 3 aromatic rings. The topological polar surface area (TPSA) is 55.4 Å². The zero-order chi connectivity index (χ0) is 23.5. The van der Waals surface area contributed by atoms with Gasteiger partial charge < -0.3 is 10.1 Å². The van der Waals surface area contributed by atoms with Crippen molar-refractivity contribution in [2.75, 3.05) is 13.7 Å². The van der Waals surface area contributed by atoms with Crippen LogP contribution in [0, 0.1) is 0 Å². The van der Waals surface area contributed by atoms with Gasteiger partial charge in [0, 0.05) is 6.54 Å². The van der Waals surface area contributed by atoms with Crippen LogP contribution in [0.2, 0.25) is 0 Å². The van der Waals surface area contributed by atoms with E-state index in [2.05, 4.69) is 12.2 Å². The van der Waals surface area contributed by atoms with E-state index in [-0.39, 0.29) is 0 Å². The molecular weight excluding hydrogens is 430 g/mol. The van der Waals surface area contributed by atoms with E-state index in [4.69, 9.17) is 4.74 Å². The molecule has 0 saturated heterocycles. The minimum Gasteiger partial charge on any atom is -0.497 e. The lowest BCUT2D eigenvalue weighted by Gasteiger charge is -2.19. The predicted octanol–water partition coefficient (Wildman–Crippen LogP) is 6.12. The fraction of sp³-hybridized carbons (Fsp3) is 0.357. The van der Waals surface area contributed by atoms with E-state index >= 15 is 0 Å². The molecule has 0 aromatic heterocycles. The first-order chi connectivity index (χ1) is 16.0. The molecule has 0 heterocycles. The zero-order valence-electron chi connectivity index (χ0n) is 19.7. The first-order valence-corrected chi connectivity index (χ1v) is 13.3. The Kier molecular flexibility index (Phi) is 9.52. The van der Waals surface area contributed by atoms with Crippen LogP contribution in [0.4, 0.5) is 0 Å². The minimum absolute atomic E-state index is 0.343. The molecule has 4 nitrogen and oxygen atoms in total. The van der Waals surface area contributed by atoms with Crippen molar-refractivity contribution < 1.29 is 13.2 Å². The first kappa shape index (κ1) is 25.0. The Labute approximate surface area is 198 Å². The molecule has 0 aliphatic heterocycles. The summed E-state index contributed by atoms with van der Waals surface area (Å²) in [5.74, 6) is 0.726. The van der Waals surface area contributed by atoms with Crippen molar-refractivity contribution in [3.05, 3.63) is 95.6 Å². The van der Waals surface area contributed by atoms with E-state index in [1.165, 1.54) is 25.7 Å². The number of hydrogen-bond donors (Lipinski definition) is 1. The van der Waals surface area contributed by atoms with Crippen LogP contribution in [0.3, 0.4) is 0 Å². The molecule has 33 heavy (non-hydrogen) atoms. The molecule has 0 bridgehead atoms. The van der Waals surface area contributed by atoms with E-state index in [0.29, 0.717) is 11.3 Å². The summed E-state index contributed by atoms with van der Waals surface area (Å²) in [4.78, 5) is 0.343. The molecule has 1 unspecified atom stereocenters. The van der Waals surface area contributed by atoms with Crippen LogP contribution >= 0.6 is 0 Å². The molecule has 0 aliphatic carbocycles. The Morgan fingerprint density at radius 2 is 1.61 bits per heavy atom. The van der Waals surface area contributed by atoms with Crippen LogP contribution in [-0.4, -0.2) is 22.1 Å². The van der Waals surface area contributed by atoms with Crippen molar-refractivity contribution in [3.8, 4) is 5.75 Å². The first-order valence-electron chi connectivity index (χ1n) is 11.8. The highest BCUT2D eigenvalue weighted by Gasteiger charge is 2.29. The lowest BCUT2D eigenvalue weighted by molar-refractivity contribution is 0.414. The fourth-order valence-corrected chi connectivity index (χ4v) is 5.75. The van der Waals surface area contributed by atoms with Crippen LogP contribution in [0.1, 0.15) is 54.5 Å². The second kappa shape index (κ2) is 12.6. The van der Waals surface area contributed by atoms with E-state index in [0.717, 1.165) is 35.5 Å². The van der Waals surface area contributed by atoms with E-state index < -0.39 is 15.1 Å². The smallest absolute Gasteiger partial charge is 0.185 e. The second-order valence-corrected chi connectivity index (χ2v) is 10.5. The van der Waals surface area contributed by atoms with Crippen LogP contribution < -0.4 is 10.1 Å². The molecule has 0 aliphatic rings. The molecule has 3 rings (SSSR count). The summed E-state index contributed by atoms with van der Waals surface area (Å²) in [5.41, 5.74) is 2.89. The molecule has 0 fully saturated rings. The van der Waals surface area contributed by atoms with Gasteiger partial charge >= 0.3 is 0 Å². The van der Waals surface area contributed by atoms with E-state index in [9.17, 15) is 8.42 Å². The molecule has 0 saturated carbocycles. The normalized spacial score (nSPS) is 12.4. The Bertz CT molecular complexity index is 1080. The van der Waals surface area contributed by atoms with Crippen molar-refractivity contribution >= 4 is 9.84 Å². The zero-order valence-corrected chi connectivity index (χ0v) is 20.5. The Morgan fingerprint density at radius 1 is 0.848 bits per heavy atom. The van der Waals surface area contributed by atoms with Gasteiger partial charge in [-0.15, -0.1) is 0 Å². The quantitative estimate of drug-likeness (QED) is 0.309. The molecule has 1 N–H and O–H groups in total. The molecule has 0 radical (unpaired) electrons. The highest BCUT2D eigenvalue weighted by atomic mass is 32.2. The van der Waals surface area contributed by atoms with Crippen molar-refractivity contribution in [3.63, 3.8) is 0 Å². The molecule has 176 valence electrons. The number of ether oxygens (including phenoxy) is 1. The average molecular weight is 466 g/mol. The van der Waals surface area contributed by atoms with Crippen LogP contribution in [0.15, 0.2) is 83.8 Å². The van der Waals surface area contributed by atoms with Crippen molar-refractivity contribution in [1.29, 1.82) is 0 Å². The van der Waals surface area contributed by atoms with Gasteiger partial charge in [0.15, 0.2) is 9.84 Å². The second-order valence-electron chi connectivity index (χ2n) is 8.38. The van der Waals surface area contributed by atoms with Crippen LogP contribution in [0.5, 0.6) is 5.75 Å². The van der Waals surface area contributed by atoms with Crippen LogP contribution in [-0.2, 0) is 22.8 Å². The number of methoxy groups -OCH3 is 1. The molecular formula is C28H35NO3S. The summed E-state index contributed by atoms with van der Waals surface area (Å²) in [6.45, 7) is 4.01. The highest BCUT2D eigenvalue weighted by Crippen LogP contribution is 2.33. The lowest BCUT2D eigenvalue weighted by atomic mass is 10.0. The van der Waals surface area contributed by atoms with Gasteiger partial charge in [-0.2, -0.15) is 0 Å². The number of hydrogen-bond acceptors (Lipinski definition) is 4. The van der Waals surface area contributed by atoms with Gasteiger partial charge in [-0.25, -0.2) is 8.42 Å². The summed E-state index contributed by atoms with van der Waals surface area (Å²) >= 11 is 0. The molecule has 1 atom stereocenters. The Hall–Kier alpha value is -2.63. The maximum absolute atomic E-state index is 13.6. The Morgan fingerprint density at radius 3 is 2.30 bits per heavy atom. The maximum Gasteiger partial charge on any atom is 0.185 e. The Balaban J connectivity index is 1.80. The van der Waals surface area contributed by atoms with Gasteiger partial charge in [0.1, 0.15) is 5.75 Å². The predicted molar refractivity (Wildman–Crippen MR) is 135 cm³/mol. The number of benzene rings is 3. The average Bonchev–Trinajstić information content (AvgIpc) is 2.86. The van der Waals surface area contributed by atoms with Gasteiger partial charge in [-0.3, -0.25) is 0 Å². The third-order valence-corrected chi connectivity index (χ3v) is 8.01. The number of sulfone groups is 1. The maximum atomic E-state index is 13.6. The summed E-state index contributed by atoms with van der Waals surface area (Å²) in [6, 6.07) is 24.3. The largest absolute Gasteiger partial charge is 0.497 e. The van der Waals surface area contributed by atoms with E-state index in [1.54, 1.807) is 31.4 Å². The minimum atomic E-state index is -3.57. The van der Waals surface area contributed by atoms with Gasteiger partial charge in [-0.1, -0.05) is 80.8 Å². The standard InChI is InChI=1S/C28H35NO3S/c1-3-4-5-9-19-29-22-23-15-17-25(18-16-23)28(21-24-11-10-12-26(20-24)32-2)33(30,31)27-13-7-6-8-14-27/h6-8,10-18,20,28-29H,3-5,9,19,21-22H2,1-2H3. The summed E-state index contributed by atoms with van der Waals surface area (Å²) in [6.07, 6.45) is 5.34. The highest BCUT2D eigenvalue weighted by molar-refractivity contribution is 7.91. The fourth-order valence-electron chi connectivity index (χ4n) is 3.95. The summed E-state index contributed by atoms with van der Waals surface area (Å²) in [7, 11) is -1.95. The van der Waals surface area contributed by atoms with Gasteiger partial charge in [0.05, 0.1) is 17.3 Å². The molecule has 3 aromatic carbocycles. The summed E-state index contributed by atoms with van der Waals surface area (Å²) in [5, 5.41) is 2.81. The third kappa shape index (κ3) is 7.18. The van der Waals surface area contributed by atoms with Crippen molar-refractivity contribution in [1.82, 2.24) is 5.32 Å². The van der Waals surface area contributed by atoms with Crippen molar-refractivity contribution in [2.45, 2.75) is 55.7 Å². The van der Waals surface area contributed by atoms with Gasteiger partial charge in [0.2, 0.25) is 0 Å². The van der Waals surface area contributed by atoms with E-state index in [1.807, 2.05) is 54.6 Å². The SMILES string of the molecule is CCCCCCNCc1ccc(C(Cc2cccc(OC)c2)S(=O)(=O)c2ccccc2)cc1. The van der Waals surface area contributed by atoms with Gasteiger partial charge in [0.25, 0.3) is 0 Å². The molecule has 5 heteroatoms. The van der Waals surface area contributed by atoms with Crippen molar-refractivity contribution in [2.24, 2.45) is 0 Å². The third-order valence-electron chi connectivity index (χ3n) is 5.89. The lowest BCUT2D eigenvalue weighted by Crippen LogP contribution is -2.17. The molecule has 0 spiro atoms. The van der Waals surface area contributed by atoms with Crippen LogP contribution in [0.25, 0.3) is 0 Å². The molecule has 0 amide bonds. The number of rotatable bonds is 13. The monoisotopic (exact) mass is 465 g/mol. The van der Waals surface area contributed by atoms with Gasteiger partial charge in [-0.05, 0) is 60.3 Å². The number of unbranched alkanes of at least 4 members (excludes halogenated alkanes) is 3. The summed E-state index contributed by atoms with van der Waals surface area (Å²) < 4.78 is 32.6.